The maximum absolute atomic E-state index is 3.71. The first kappa shape index (κ1) is 4.37. The molecule has 0 N–H and O–H groups in total. The van der Waals surface area contributed by atoms with Gasteiger partial charge >= 0.3 is 0 Å². The Bertz CT molecular complexity index is 174. The van der Waals surface area contributed by atoms with Crippen LogP contribution < -0.4 is 0 Å². The molecule has 0 heterocycles. The summed E-state index contributed by atoms with van der Waals surface area (Å²) in [6, 6.07) is 0. The molecule has 0 radical (unpaired) electrons. The first-order valence-corrected chi connectivity index (χ1v) is 3.26. The lowest BCUT2D eigenvalue weighted by molar-refractivity contribution is 0.733. The van der Waals surface area contributed by atoms with Crippen molar-refractivity contribution < 1.29 is 0 Å². The van der Waals surface area contributed by atoms with Crippen molar-refractivity contribution in [3.05, 3.63) is 23.8 Å². The van der Waals surface area contributed by atoms with Crippen LogP contribution in [0.5, 0.6) is 0 Å². The van der Waals surface area contributed by atoms with Gasteiger partial charge in [0, 0.05) is 5.92 Å². The quantitative estimate of drug-likeness (QED) is 0.506. The summed E-state index contributed by atoms with van der Waals surface area (Å²) >= 11 is 0. The number of fused-ring (bicyclic) bond motifs is 1. The molecule has 0 aromatic heterocycles. The molecule has 42 valence electrons. The van der Waals surface area contributed by atoms with E-state index in [1.165, 1.54) is 6.42 Å². The molecule has 2 atom stereocenters. The fraction of sp³-hybridized carbons (Fsp3) is 0.500. The molecule has 0 saturated heterocycles. The largest absolute Gasteiger partial charge is 0.0988 e. The predicted molar refractivity (Wildman–Crippen MR) is 34.5 cm³/mol. The second-order valence-electron chi connectivity index (χ2n) is 2.61. The smallest absolute Gasteiger partial charge is 0.0123 e. The Hall–Kier alpha value is -0.520. The second kappa shape index (κ2) is 1.07. The first-order chi connectivity index (χ1) is 3.90. The van der Waals surface area contributed by atoms with Crippen molar-refractivity contribution in [2.75, 3.05) is 0 Å². The third kappa shape index (κ3) is 0.290. The Morgan fingerprint density at radius 1 is 1.75 bits per heavy atom. The van der Waals surface area contributed by atoms with E-state index >= 15 is 0 Å². The minimum atomic E-state index is 0.928. The average Bonchev–Trinajstić information content (AvgIpc) is 2.51. The van der Waals surface area contributed by atoms with E-state index in [0.717, 1.165) is 11.8 Å². The summed E-state index contributed by atoms with van der Waals surface area (Å²) in [5.74, 6) is 1.92. The minimum Gasteiger partial charge on any atom is -0.0988 e. The number of hydrogen-bond acceptors (Lipinski definition) is 0. The molecule has 1 saturated carbocycles. The maximum atomic E-state index is 3.71. The Balaban J connectivity index is 2.06. The third-order valence-electron chi connectivity index (χ3n) is 2.27. The van der Waals surface area contributed by atoms with Gasteiger partial charge in [-0.15, -0.1) is 0 Å². The van der Waals surface area contributed by atoms with Crippen LogP contribution in [0.4, 0.5) is 0 Å². The standard InChI is InChI=1S/C8H10/c1-3-5-7-6(4-2)8(5)7/h3,6-7H,1,4H2,2H3. The summed E-state index contributed by atoms with van der Waals surface area (Å²) in [5, 5.41) is 0. The van der Waals surface area contributed by atoms with Crippen LogP contribution in [0.15, 0.2) is 23.8 Å². The van der Waals surface area contributed by atoms with Crippen molar-refractivity contribution in [3.8, 4) is 0 Å². The van der Waals surface area contributed by atoms with Crippen molar-refractivity contribution in [2.45, 2.75) is 13.3 Å². The van der Waals surface area contributed by atoms with Gasteiger partial charge in [0.15, 0.2) is 0 Å². The summed E-state index contributed by atoms with van der Waals surface area (Å²) < 4.78 is 0. The van der Waals surface area contributed by atoms with Crippen molar-refractivity contribution in [1.29, 1.82) is 0 Å². The fourth-order valence-corrected chi connectivity index (χ4v) is 1.63. The van der Waals surface area contributed by atoms with Gasteiger partial charge in [-0.2, -0.15) is 0 Å². The van der Waals surface area contributed by atoms with Gasteiger partial charge in [0.2, 0.25) is 0 Å². The molecule has 2 aliphatic carbocycles. The second-order valence-corrected chi connectivity index (χ2v) is 2.61. The van der Waals surface area contributed by atoms with Crippen molar-refractivity contribution in [2.24, 2.45) is 11.8 Å². The molecule has 8 heavy (non-hydrogen) atoms. The van der Waals surface area contributed by atoms with Crippen LogP contribution in [0.2, 0.25) is 0 Å². The van der Waals surface area contributed by atoms with Gasteiger partial charge in [-0.05, 0) is 17.9 Å². The highest BCUT2D eigenvalue weighted by Crippen LogP contribution is 2.68. The van der Waals surface area contributed by atoms with Crippen LogP contribution in [-0.4, -0.2) is 0 Å². The van der Waals surface area contributed by atoms with Crippen LogP contribution >= 0.6 is 0 Å². The molecule has 0 amide bonds. The van der Waals surface area contributed by atoms with Crippen LogP contribution in [0.1, 0.15) is 13.3 Å². The van der Waals surface area contributed by atoms with Gasteiger partial charge in [-0.25, -0.2) is 0 Å². The Morgan fingerprint density at radius 2 is 2.38 bits per heavy atom. The molecule has 0 bridgehead atoms. The van der Waals surface area contributed by atoms with E-state index in [9.17, 15) is 0 Å². The summed E-state index contributed by atoms with van der Waals surface area (Å²) in [5.41, 5.74) is 3.26. The summed E-state index contributed by atoms with van der Waals surface area (Å²) in [4.78, 5) is 0. The summed E-state index contributed by atoms with van der Waals surface area (Å²) in [7, 11) is 0. The van der Waals surface area contributed by atoms with Crippen molar-refractivity contribution in [3.63, 3.8) is 0 Å². The fourth-order valence-electron chi connectivity index (χ4n) is 1.63. The number of rotatable bonds is 2. The predicted octanol–water partition coefficient (Wildman–Crippen LogP) is 2.14. The molecule has 1 fully saturated rings. The van der Waals surface area contributed by atoms with Crippen molar-refractivity contribution in [1.82, 2.24) is 0 Å². The van der Waals surface area contributed by atoms with Gasteiger partial charge in [-0.3, -0.25) is 0 Å². The lowest BCUT2D eigenvalue weighted by Crippen LogP contribution is -1.82. The van der Waals surface area contributed by atoms with E-state index in [0.29, 0.717) is 0 Å². The molecule has 0 aliphatic heterocycles. The average molecular weight is 106 g/mol. The van der Waals surface area contributed by atoms with Gasteiger partial charge in [-0.1, -0.05) is 25.2 Å². The molecule has 0 spiro atoms. The molecule has 0 aromatic carbocycles. The molecular weight excluding hydrogens is 96.1 g/mol. The van der Waals surface area contributed by atoms with Gasteiger partial charge in [0.1, 0.15) is 0 Å². The van der Waals surface area contributed by atoms with Crippen LogP contribution in [0.3, 0.4) is 0 Å². The zero-order valence-corrected chi connectivity index (χ0v) is 5.15. The third-order valence-corrected chi connectivity index (χ3v) is 2.27. The van der Waals surface area contributed by atoms with Gasteiger partial charge < -0.3 is 0 Å². The first-order valence-electron chi connectivity index (χ1n) is 3.26. The van der Waals surface area contributed by atoms with Crippen LogP contribution in [0.25, 0.3) is 0 Å². The lowest BCUT2D eigenvalue weighted by atomic mass is 10.1. The minimum absolute atomic E-state index is 0.928. The zero-order chi connectivity index (χ0) is 5.72. The van der Waals surface area contributed by atoms with Crippen molar-refractivity contribution >= 4 is 0 Å². The van der Waals surface area contributed by atoms with E-state index in [-0.39, 0.29) is 0 Å². The van der Waals surface area contributed by atoms with Crippen LogP contribution in [0, 0.1) is 11.8 Å². The Labute approximate surface area is 49.9 Å². The summed E-state index contributed by atoms with van der Waals surface area (Å²) in [6.45, 7) is 5.97. The molecule has 2 rings (SSSR count). The highest BCUT2D eigenvalue weighted by Gasteiger charge is 2.58. The molecule has 0 nitrogen and oxygen atoms in total. The summed E-state index contributed by atoms with van der Waals surface area (Å²) in [6.07, 6.45) is 3.35. The highest BCUT2D eigenvalue weighted by atomic mass is 14.6. The zero-order valence-electron chi connectivity index (χ0n) is 5.15. The molecule has 0 heteroatoms. The SMILES string of the molecule is C=CC1=C2C(CC)C12. The highest BCUT2D eigenvalue weighted by molar-refractivity contribution is 5.64. The van der Waals surface area contributed by atoms with E-state index in [4.69, 9.17) is 0 Å². The van der Waals surface area contributed by atoms with E-state index in [2.05, 4.69) is 13.5 Å². The van der Waals surface area contributed by atoms with E-state index in [1.54, 1.807) is 11.1 Å². The van der Waals surface area contributed by atoms with Crippen LogP contribution in [-0.2, 0) is 0 Å². The molecular formula is C8H10. The maximum Gasteiger partial charge on any atom is 0.0123 e. The number of hydrogen-bond donors (Lipinski definition) is 0. The lowest BCUT2D eigenvalue weighted by Gasteiger charge is -1.92. The van der Waals surface area contributed by atoms with Gasteiger partial charge in [0.05, 0.1) is 0 Å². The van der Waals surface area contributed by atoms with E-state index < -0.39 is 0 Å². The topological polar surface area (TPSA) is 0 Å². The van der Waals surface area contributed by atoms with Gasteiger partial charge in [0.25, 0.3) is 0 Å². The van der Waals surface area contributed by atoms with E-state index in [1.807, 2.05) is 6.08 Å². The number of allylic oxidation sites excluding steroid dienone is 3. The Morgan fingerprint density at radius 3 is 2.75 bits per heavy atom. The molecule has 2 unspecified atom stereocenters. The Kier molecular flexibility index (Phi) is 0.585. The monoisotopic (exact) mass is 106 g/mol. The molecule has 2 aliphatic rings. The normalized spacial score (nSPS) is 39.1. The molecule has 0 aromatic rings.